The van der Waals surface area contributed by atoms with E-state index in [2.05, 4.69) is 17.4 Å². The van der Waals surface area contributed by atoms with Crippen LogP contribution in [0, 0.1) is 0 Å². The van der Waals surface area contributed by atoms with E-state index in [0.29, 0.717) is 17.8 Å². The van der Waals surface area contributed by atoms with E-state index in [1.165, 1.54) is 5.56 Å². The molecule has 2 aromatic carbocycles. The number of hydrogen-bond acceptors (Lipinski definition) is 3. The van der Waals surface area contributed by atoms with Crippen LogP contribution in [0.5, 0.6) is 0 Å². The van der Waals surface area contributed by atoms with Crippen molar-refractivity contribution < 1.29 is 4.79 Å². The zero-order chi connectivity index (χ0) is 15.2. The molecule has 2 rings (SSSR count). The van der Waals surface area contributed by atoms with E-state index in [1.807, 2.05) is 43.1 Å². The second kappa shape index (κ2) is 6.79. The first-order valence-electron chi connectivity index (χ1n) is 7.04. The highest BCUT2D eigenvalue weighted by Crippen LogP contribution is 2.25. The number of carbonyl (C=O) groups excluding carboxylic acids is 1. The summed E-state index contributed by atoms with van der Waals surface area (Å²) in [4.78, 5) is 14.0. The Morgan fingerprint density at radius 3 is 2.57 bits per heavy atom. The van der Waals surface area contributed by atoms with Crippen molar-refractivity contribution in [3.63, 3.8) is 0 Å². The van der Waals surface area contributed by atoms with Crippen LogP contribution in [-0.2, 0) is 6.54 Å². The van der Waals surface area contributed by atoms with E-state index in [1.54, 1.807) is 12.1 Å². The maximum Gasteiger partial charge on any atom is 0.251 e. The van der Waals surface area contributed by atoms with Gasteiger partial charge in [-0.15, -0.1) is 0 Å². The molecule has 0 saturated heterocycles. The van der Waals surface area contributed by atoms with Gasteiger partial charge in [0, 0.05) is 25.7 Å². The van der Waals surface area contributed by atoms with E-state index in [0.717, 1.165) is 12.2 Å². The molecule has 0 fully saturated rings. The van der Waals surface area contributed by atoms with Crippen LogP contribution >= 0.6 is 0 Å². The fourth-order valence-corrected chi connectivity index (χ4v) is 2.22. The van der Waals surface area contributed by atoms with E-state index in [-0.39, 0.29) is 5.91 Å². The minimum absolute atomic E-state index is 0.0770. The number of anilines is 2. The van der Waals surface area contributed by atoms with Gasteiger partial charge in [-0.2, -0.15) is 0 Å². The molecule has 0 heterocycles. The Morgan fingerprint density at radius 2 is 1.90 bits per heavy atom. The fourth-order valence-electron chi connectivity index (χ4n) is 2.22. The maximum absolute atomic E-state index is 11.9. The summed E-state index contributed by atoms with van der Waals surface area (Å²) in [5.74, 6) is -0.0770. The van der Waals surface area contributed by atoms with Crippen molar-refractivity contribution in [2.24, 2.45) is 0 Å². The first kappa shape index (κ1) is 14.9. The lowest BCUT2D eigenvalue weighted by Gasteiger charge is -2.22. The Bertz CT molecular complexity index is 611. The zero-order valence-electron chi connectivity index (χ0n) is 12.5. The molecule has 0 aliphatic rings. The summed E-state index contributed by atoms with van der Waals surface area (Å²) in [6, 6.07) is 15.5. The first-order chi connectivity index (χ1) is 10.1. The average Bonchev–Trinajstić information content (AvgIpc) is 2.48. The molecule has 0 aliphatic carbocycles. The number of nitrogen functional groups attached to an aromatic ring is 1. The molecule has 110 valence electrons. The van der Waals surface area contributed by atoms with Gasteiger partial charge in [0.1, 0.15) is 0 Å². The van der Waals surface area contributed by atoms with Crippen molar-refractivity contribution in [2.75, 3.05) is 24.2 Å². The molecular formula is C17H21N3O. The smallest absolute Gasteiger partial charge is 0.251 e. The van der Waals surface area contributed by atoms with Gasteiger partial charge in [0.2, 0.25) is 0 Å². The number of benzene rings is 2. The van der Waals surface area contributed by atoms with Crippen LogP contribution in [0.3, 0.4) is 0 Å². The molecule has 0 spiro atoms. The molecule has 0 bridgehead atoms. The van der Waals surface area contributed by atoms with E-state index in [9.17, 15) is 4.79 Å². The molecule has 21 heavy (non-hydrogen) atoms. The van der Waals surface area contributed by atoms with Gasteiger partial charge in [-0.3, -0.25) is 4.79 Å². The fraction of sp³-hybridized carbons (Fsp3) is 0.235. The molecule has 3 N–H and O–H groups in total. The van der Waals surface area contributed by atoms with Crippen LogP contribution in [0.2, 0.25) is 0 Å². The standard InChI is InChI=1S/C17H21N3O/c1-3-19-17(21)14-9-10-15(18)16(11-14)20(2)12-13-7-5-4-6-8-13/h4-11H,3,12,18H2,1-2H3,(H,19,21). The number of amides is 1. The molecule has 0 unspecified atom stereocenters. The quantitative estimate of drug-likeness (QED) is 0.829. The van der Waals surface area contributed by atoms with Crippen molar-refractivity contribution in [2.45, 2.75) is 13.5 Å². The number of hydrogen-bond donors (Lipinski definition) is 2. The highest BCUT2D eigenvalue weighted by Gasteiger charge is 2.11. The minimum Gasteiger partial charge on any atom is -0.397 e. The predicted octanol–water partition coefficient (Wildman–Crippen LogP) is 2.65. The third-order valence-corrected chi connectivity index (χ3v) is 3.30. The van der Waals surface area contributed by atoms with Crippen LogP contribution in [0.25, 0.3) is 0 Å². The van der Waals surface area contributed by atoms with Gasteiger partial charge >= 0.3 is 0 Å². The van der Waals surface area contributed by atoms with Crippen LogP contribution in [-0.4, -0.2) is 19.5 Å². The number of nitrogens with two attached hydrogens (primary N) is 1. The molecule has 1 amide bonds. The van der Waals surface area contributed by atoms with Crippen molar-refractivity contribution in [1.82, 2.24) is 5.32 Å². The third kappa shape index (κ3) is 3.75. The van der Waals surface area contributed by atoms with Gasteiger partial charge in [-0.1, -0.05) is 30.3 Å². The molecule has 0 saturated carbocycles. The molecule has 4 nitrogen and oxygen atoms in total. The lowest BCUT2D eigenvalue weighted by molar-refractivity contribution is 0.0956. The third-order valence-electron chi connectivity index (χ3n) is 3.30. The molecular weight excluding hydrogens is 262 g/mol. The number of carbonyl (C=O) groups is 1. The molecule has 0 aromatic heterocycles. The van der Waals surface area contributed by atoms with Gasteiger partial charge in [0.25, 0.3) is 5.91 Å². The monoisotopic (exact) mass is 283 g/mol. The van der Waals surface area contributed by atoms with E-state index in [4.69, 9.17) is 5.73 Å². The van der Waals surface area contributed by atoms with Gasteiger partial charge in [0.05, 0.1) is 11.4 Å². The number of rotatable bonds is 5. The Hall–Kier alpha value is -2.49. The van der Waals surface area contributed by atoms with E-state index >= 15 is 0 Å². The van der Waals surface area contributed by atoms with Gasteiger partial charge in [0.15, 0.2) is 0 Å². The molecule has 0 radical (unpaired) electrons. The molecule has 2 aromatic rings. The van der Waals surface area contributed by atoms with Crippen LogP contribution < -0.4 is 16.0 Å². The second-order valence-corrected chi connectivity index (χ2v) is 4.97. The van der Waals surface area contributed by atoms with Crippen LogP contribution in [0.1, 0.15) is 22.8 Å². The topological polar surface area (TPSA) is 58.4 Å². The predicted molar refractivity (Wildman–Crippen MR) is 87.4 cm³/mol. The van der Waals surface area contributed by atoms with Gasteiger partial charge in [-0.25, -0.2) is 0 Å². The Labute approximate surface area is 125 Å². The Kier molecular flexibility index (Phi) is 4.82. The minimum atomic E-state index is -0.0770. The van der Waals surface area contributed by atoms with Crippen LogP contribution in [0.4, 0.5) is 11.4 Å². The normalized spacial score (nSPS) is 10.2. The van der Waals surface area contributed by atoms with Crippen LogP contribution in [0.15, 0.2) is 48.5 Å². The average molecular weight is 283 g/mol. The number of nitrogens with one attached hydrogen (secondary N) is 1. The summed E-state index contributed by atoms with van der Waals surface area (Å²) in [6.45, 7) is 3.25. The maximum atomic E-state index is 11.9. The largest absolute Gasteiger partial charge is 0.397 e. The van der Waals surface area contributed by atoms with Crippen molar-refractivity contribution >= 4 is 17.3 Å². The lowest BCUT2D eigenvalue weighted by atomic mass is 10.1. The highest BCUT2D eigenvalue weighted by molar-refractivity contribution is 5.96. The summed E-state index contributed by atoms with van der Waals surface area (Å²) in [7, 11) is 1.97. The zero-order valence-corrected chi connectivity index (χ0v) is 12.5. The van der Waals surface area contributed by atoms with Gasteiger partial charge in [-0.05, 0) is 30.7 Å². The van der Waals surface area contributed by atoms with Crippen molar-refractivity contribution in [3.8, 4) is 0 Å². The van der Waals surface area contributed by atoms with Crippen molar-refractivity contribution in [3.05, 3.63) is 59.7 Å². The number of nitrogens with zero attached hydrogens (tertiary/aromatic N) is 1. The lowest BCUT2D eigenvalue weighted by Crippen LogP contribution is -2.24. The molecule has 0 atom stereocenters. The SMILES string of the molecule is CCNC(=O)c1ccc(N)c(N(C)Cc2ccccc2)c1. The Morgan fingerprint density at radius 1 is 1.19 bits per heavy atom. The summed E-state index contributed by atoms with van der Waals surface area (Å²) < 4.78 is 0. The van der Waals surface area contributed by atoms with Gasteiger partial charge < -0.3 is 16.0 Å². The summed E-state index contributed by atoms with van der Waals surface area (Å²) in [5, 5.41) is 2.80. The first-order valence-corrected chi connectivity index (χ1v) is 7.04. The summed E-state index contributed by atoms with van der Waals surface area (Å²) in [5.41, 5.74) is 9.40. The molecule has 0 aliphatic heterocycles. The van der Waals surface area contributed by atoms with Crippen molar-refractivity contribution in [1.29, 1.82) is 0 Å². The highest BCUT2D eigenvalue weighted by atomic mass is 16.1. The summed E-state index contributed by atoms with van der Waals surface area (Å²) >= 11 is 0. The summed E-state index contributed by atoms with van der Waals surface area (Å²) in [6.07, 6.45) is 0. The second-order valence-electron chi connectivity index (χ2n) is 4.97. The Balaban J connectivity index is 2.21. The molecule has 4 heteroatoms. The van der Waals surface area contributed by atoms with E-state index < -0.39 is 0 Å².